The normalized spacial score (nSPS) is 16.6. The second-order valence-electron chi connectivity index (χ2n) is 4.32. The summed E-state index contributed by atoms with van der Waals surface area (Å²) in [5.74, 6) is -0.260. The molecule has 0 bridgehead atoms. The van der Waals surface area contributed by atoms with Gasteiger partial charge < -0.3 is 5.32 Å². The second-order valence-corrected chi connectivity index (χ2v) is 5.17. The van der Waals surface area contributed by atoms with Crippen LogP contribution in [0.3, 0.4) is 0 Å². The van der Waals surface area contributed by atoms with Crippen LogP contribution >= 0.6 is 15.9 Å². The van der Waals surface area contributed by atoms with Crippen LogP contribution in [0.4, 0.5) is 10.1 Å². The highest BCUT2D eigenvalue weighted by Gasteiger charge is 2.42. The first kappa shape index (κ1) is 11.4. The maximum Gasteiger partial charge on any atom is 0.137 e. The molecule has 0 radical (unpaired) electrons. The van der Waals surface area contributed by atoms with E-state index in [1.54, 1.807) is 12.1 Å². The summed E-state index contributed by atoms with van der Waals surface area (Å²) in [6.07, 6.45) is 2.81. The van der Waals surface area contributed by atoms with Gasteiger partial charge in [0.15, 0.2) is 0 Å². The van der Waals surface area contributed by atoms with Crippen LogP contribution in [0.25, 0.3) is 0 Å². The fourth-order valence-corrected chi connectivity index (χ4v) is 2.03. The van der Waals surface area contributed by atoms with E-state index in [4.69, 9.17) is 5.26 Å². The summed E-state index contributed by atoms with van der Waals surface area (Å²) in [6.45, 7) is 0.790. The van der Waals surface area contributed by atoms with E-state index in [0.717, 1.165) is 25.1 Å². The first-order valence-electron chi connectivity index (χ1n) is 5.21. The first-order chi connectivity index (χ1) is 7.65. The van der Waals surface area contributed by atoms with E-state index in [0.29, 0.717) is 10.9 Å². The van der Waals surface area contributed by atoms with Gasteiger partial charge in [0.25, 0.3) is 0 Å². The molecule has 2 rings (SSSR count). The lowest BCUT2D eigenvalue weighted by molar-refractivity contribution is 0.557. The molecule has 0 unspecified atom stereocenters. The first-order valence-corrected chi connectivity index (χ1v) is 6.00. The molecule has 0 atom stereocenters. The molecule has 84 valence electrons. The van der Waals surface area contributed by atoms with E-state index >= 15 is 0 Å². The minimum absolute atomic E-state index is 0.162. The van der Waals surface area contributed by atoms with Gasteiger partial charge in [0.05, 0.1) is 10.5 Å². The standard InChI is InChI=1S/C12H12BrFN2/c13-10-7-9(1-2-11(10)14)16-8-12(3-4-12)5-6-15/h1-2,7,16H,3-5,8H2. The van der Waals surface area contributed by atoms with Crippen LogP contribution in [0.15, 0.2) is 22.7 Å². The molecule has 0 heterocycles. The molecule has 16 heavy (non-hydrogen) atoms. The lowest BCUT2D eigenvalue weighted by Crippen LogP contribution is -2.14. The van der Waals surface area contributed by atoms with Crippen molar-refractivity contribution in [2.45, 2.75) is 19.3 Å². The molecule has 1 aliphatic carbocycles. The van der Waals surface area contributed by atoms with Gasteiger partial charge in [-0.2, -0.15) is 5.26 Å². The maximum atomic E-state index is 13.0. The third-order valence-corrected chi connectivity index (χ3v) is 3.61. The molecule has 1 saturated carbocycles. The smallest absolute Gasteiger partial charge is 0.137 e. The fourth-order valence-electron chi connectivity index (χ4n) is 1.66. The highest BCUT2D eigenvalue weighted by atomic mass is 79.9. The maximum absolute atomic E-state index is 13.0. The summed E-state index contributed by atoms with van der Waals surface area (Å²) in [5, 5.41) is 11.9. The molecule has 4 heteroatoms. The molecule has 1 aliphatic rings. The predicted molar refractivity (Wildman–Crippen MR) is 64.5 cm³/mol. The third-order valence-electron chi connectivity index (χ3n) is 3.00. The Morgan fingerprint density at radius 1 is 1.50 bits per heavy atom. The van der Waals surface area contributed by atoms with Crippen LogP contribution < -0.4 is 5.32 Å². The average molecular weight is 283 g/mol. The monoisotopic (exact) mass is 282 g/mol. The van der Waals surface area contributed by atoms with Gasteiger partial charge in [-0.3, -0.25) is 0 Å². The number of nitriles is 1. The van der Waals surface area contributed by atoms with Crippen molar-refractivity contribution < 1.29 is 4.39 Å². The zero-order chi connectivity index (χ0) is 11.6. The summed E-state index contributed by atoms with van der Waals surface area (Å²) in [4.78, 5) is 0. The Kier molecular flexibility index (Phi) is 3.15. The molecule has 0 aromatic heterocycles. The SMILES string of the molecule is N#CCC1(CNc2ccc(F)c(Br)c2)CC1. The van der Waals surface area contributed by atoms with Crippen molar-refractivity contribution in [2.75, 3.05) is 11.9 Å². The van der Waals surface area contributed by atoms with Gasteiger partial charge >= 0.3 is 0 Å². The fraction of sp³-hybridized carbons (Fsp3) is 0.417. The van der Waals surface area contributed by atoms with Gasteiger partial charge in [-0.05, 0) is 47.0 Å². The van der Waals surface area contributed by atoms with Crippen LogP contribution in [-0.2, 0) is 0 Å². The van der Waals surface area contributed by atoms with Gasteiger partial charge in [-0.25, -0.2) is 4.39 Å². The Balaban J connectivity index is 1.95. The number of hydrogen-bond acceptors (Lipinski definition) is 2. The van der Waals surface area contributed by atoms with Gasteiger partial charge in [0.1, 0.15) is 5.82 Å². The van der Waals surface area contributed by atoms with Gasteiger partial charge in [0, 0.05) is 24.1 Å². The van der Waals surface area contributed by atoms with E-state index in [1.807, 2.05) is 0 Å². The number of nitrogens with one attached hydrogen (secondary N) is 1. The van der Waals surface area contributed by atoms with Crippen molar-refractivity contribution in [3.05, 3.63) is 28.5 Å². The summed E-state index contributed by atoms with van der Waals surface area (Å²) in [5.41, 5.74) is 1.05. The molecule has 0 amide bonds. The van der Waals surface area contributed by atoms with Gasteiger partial charge in [0.2, 0.25) is 0 Å². The van der Waals surface area contributed by atoms with E-state index < -0.39 is 0 Å². The number of rotatable bonds is 4. The topological polar surface area (TPSA) is 35.8 Å². The molecule has 1 N–H and O–H groups in total. The van der Waals surface area contributed by atoms with Crippen LogP contribution in [0.2, 0.25) is 0 Å². The summed E-state index contributed by atoms with van der Waals surface area (Å²) >= 11 is 3.15. The van der Waals surface area contributed by atoms with Crippen molar-refractivity contribution in [3.63, 3.8) is 0 Å². The number of nitrogens with zero attached hydrogens (tertiary/aromatic N) is 1. The molecule has 1 aromatic rings. The minimum atomic E-state index is -0.260. The lowest BCUT2D eigenvalue weighted by atomic mass is 10.0. The minimum Gasteiger partial charge on any atom is -0.384 e. The highest BCUT2D eigenvalue weighted by molar-refractivity contribution is 9.10. The molecule has 1 fully saturated rings. The molecule has 1 aromatic carbocycles. The Morgan fingerprint density at radius 2 is 2.25 bits per heavy atom. The average Bonchev–Trinajstić information content (AvgIpc) is 3.01. The van der Waals surface area contributed by atoms with Crippen LogP contribution in [0.1, 0.15) is 19.3 Å². The van der Waals surface area contributed by atoms with Crippen molar-refractivity contribution >= 4 is 21.6 Å². The highest BCUT2D eigenvalue weighted by Crippen LogP contribution is 2.48. The Morgan fingerprint density at radius 3 is 2.81 bits per heavy atom. The van der Waals surface area contributed by atoms with Crippen LogP contribution in [-0.4, -0.2) is 6.54 Å². The molecule has 0 aliphatic heterocycles. The molecule has 0 saturated heterocycles. The van der Waals surface area contributed by atoms with Crippen molar-refractivity contribution in [1.82, 2.24) is 0 Å². The number of halogens is 2. The molecule has 0 spiro atoms. The predicted octanol–water partition coefficient (Wildman–Crippen LogP) is 3.69. The van der Waals surface area contributed by atoms with Crippen LogP contribution in [0, 0.1) is 22.6 Å². The van der Waals surface area contributed by atoms with Crippen molar-refractivity contribution in [2.24, 2.45) is 5.41 Å². The quantitative estimate of drug-likeness (QED) is 0.914. The Labute approximate surface area is 103 Å². The largest absolute Gasteiger partial charge is 0.384 e. The van der Waals surface area contributed by atoms with Crippen LogP contribution in [0.5, 0.6) is 0 Å². The van der Waals surface area contributed by atoms with E-state index in [9.17, 15) is 4.39 Å². The number of hydrogen-bond donors (Lipinski definition) is 1. The Hall–Kier alpha value is -1.08. The lowest BCUT2D eigenvalue weighted by Gasteiger charge is -2.13. The van der Waals surface area contributed by atoms with Gasteiger partial charge in [-0.15, -0.1) is 0 Å². The molecular formula is C12H12BrFN2. The zero-order valence-electron chi connectivity index (χ0n) is 8.76. The van der Waals surface area contributed by atoms with E-state index in [2.05, 4.69) is 27.3 Å². The Bertz CT molecular complexity index is 435. The molecular weight excluding hydrogens is 271 g/mol. The molecule has 2 nitrogen and oxygen atoms in total. The zero-order valence-corrected chi connectivity index (χ0v) is 10.3. The summed E-state index contributed by atoms with van der Waals surface area (Å²) in [6, 6.07) is 7.08. The third kappa shape index (κ3) is 2.53. The van der Waals surface area contributed by atoms with Crippen molar-refractivity contribution in [1.29, 1.82) is 5.26 Å². The van der Waals surface area contributed by atoms with Gasteiger partial charge in [-0.1, -0.05) is 0 Å². The second kappa shape index (κ2) is 4.42. The summed E-state index contributed by atoms with van der Waals surface area (Å²) in [7, 11) is 0. The van der Waals surface area contributed by atoms with E-state index in [-0.39, 0.29) is 11.2 Å². The number of benzene rings is 1. The number of anilines is 1. The van der Waals surface area contributed by atoms with Crippen molar-refractivity contribution in [3.8, 4) is 6.07 Å². The van der Waals surface area contributed by atoms with E-state index in [1.165, 1.54) is 6.07 Å². The summed E-state index contributed by atoms with van der Waals surface area (Å²) < 4.78 is 13.4.